The van der Waals surface area contributed by atoms with Gasteiger partial charge in [0.15, 0.2) is 0 Å². The standard InChI is InChI=1S/C22H17NO3S/c1-14-9-10-19(24)17(11-14)12-20-21(25)23(22(26)27-20)13-16-7-4-6-15-5-2-3-8-18(15)16/h2-12,24H,13H2,1H3/b20-12-. The number of thioether (sulfide) groups is 1. The van der Waals surface area contributed by atoms with Crippen LogP contribution in [0.25, 0.3) is 16.8 Å². The second kappa shape index (κ2) is 6.93. The molecule has 4 rings (SSSR count). The number of phenols is 1. The highest BCUT2D eigenvalue weighted by atomic mass is 32.2. The van der Waals surface area contributed by atoms with Crippen molar-refractivity contribution >= 4 is 39.8 Å². The first kappa shape index (κ1) is 17.4. The molecule has 0 aromatic heterocycles. The summed E-state index contributed by atoms with van der Waals surface area (Å²) in [6, 6.07) is 18.9. The van der Waals surface area contributed by atoms with E-state index >= 15 is 0 Å². The molecule has 0 radical (unpaired) electrons. The third-order valence-corrected chi connectivity index (χ3v) is 5.46. The van der Waals surface area contributed by atoms with Crippen LogP contribution in [0.3, 0.4) is 0 Å². The van der Waals surface area contributed by atoms with Gasteiger partial charge in [0.1, 0.15) is 5.75 Å². The van der Waals surface area contributed by atoms with Gasteiger partial charge in [0.05, 0.1) is 11.4 Å². The summed E-state index contributed by atoms with van der Waals surface area (Å²) in [5, 5.41) is 11.8. The molecule has 0 unspecified atom stereocenters. The van der Waals surface area contributed by atoms with E-state index in [4.69, 9.17) is 0 Å². The van der Waals surface area contributed by atoms with E-state index in [0.29, 0.717) is 10.5 Å². The van der Waals surface area contributed by atoms with Crippen molar-refractivity contribution in [2.75, 3.05) is 0 Å². The van der Waals surface area contributed by atoms with Gasteiger partial charge in [-0.2, -0.15) is 0 Å². The fourth-order valence-corrected chi connectivity index (χ4v) is 4.00. The van der Waals surface area contributed by atoms with Gasteiger partial charge in [0, 0.05) is 5.56 Å². The highest BCUT2D eigenvalue weighted by molar-refractivity contribution is 8.18. The predicted molar refractivity (Wildman–Crippen MR) is 108 cm³/mol. The molecule has 4 nitrogen and oxygen atoms in total. The Hall–Kier alpha value is -3.05. The number of rotatable bonds is 3. The number of aryl methyl sites for hydroxylation is 1. The lowest BCUT2D eigenvalue weighted by atomic mass is 10.0. The van der Waals surface area contributed by atoms with Crippen LogP contribution in [0.15, 0.2) is 65.6 Å². The Morgan fingerprint density at radius 1 is 1.04 bits per heavy atom. The molecule has 3 aromatic rings. The monoisotopic (exact) mass is 375 g/mol. The molecule has 0 saturated carbocycles. The minimum atomic E-state index is -0.334. The number of benzene rings is 3. The van der Waals surface area contributed by atoms with E-state index in [1.807, 2.05) is 49.4 Å². The maximum Gasteiger partial charge on any atom is 0.293 e. The number of carbonyl (C=O) groups is 2. The molecule has 1 fully saturated rings. The summed E-state index contributed by atoms with van der Waals surface area (Å²) in [4.78, 5) is 26.8. The zero-order valence-corrected chi connectivity index (χ0v) is 15.5. The molecule has 3 aromatic carbocycles. The van der Waals surface area contributed by atoms with Crippen LogP contribution in [-0.2, 0) is 11.3 Å². The molecule has 1 aliphatic heterocycles. The molecule has 2 amide bonds. The molecule has 134 valence electrons. The Morgan fingerprint density at radius 3 is 2.67 bits per heavy atom. The normalized spacial score (nSPS) is 15.9. The molecule has 1 saturated heterocycles. The van der Waals surface area contributed by atoms with Crippen LogP contribution in [0.2, 0.25) is 0 Å². The van der Waals surface area contributed by atoms with Gasteiger partial charge < -0.3 is 5.11 Å². The number of phenolic OH excluding ortho intramolecular Hbond substituents is 1. The highest BCUT2D eigenvalue weighted by Crippen LogP contribution is 2.35. The number of hydrogen-bond donors (Lipinski definition) is 1. The molecule has 1 heterocycles. The van der Waals surface area contributed by atoms with E-state index in [1.165, 1.54) is 4.90 Å². The summed E-state index contributed by atoms with van der Waals surface area (Å²) in [6.45, 7) is 2.13. The van der Waals surface area contributed by atoms with E-state index < -0.39 is 0 Å². The minimum Gasteiger partial charge on any atom is -0.507 e. The zero-order chi connectivity index (χ0) is 19.0. The number of amides is 2. The highest BCUT2D eigenvalue weighted by Gasteiger charge is 2.35. The fourth-order valence-electron chi connectivity index (χ4n) is 3.17. The van der Waals surface area contributed by atoms with Crippen molar-refractivity contribution in [3.05, 3.63) is 82.3 Å². The molecule has 1 aliphatic rings. The number of nitrogens with zero attached hydrogens (tertiary/aromatic N) is 1. The summed E-state index contributed by atoms with van der Waals surface area (Å²) in [7, 11) is 0. The number of hydrogen-bond acceptors (Lipinski definition) is 4. The van der Waals surface area contributed by atoms with Crippen molar-refractivity contribution in [3.63, 3.8) is 0 Å². The summed E-state index contributed by atoms with van der Waals surface area (Å²) >= 11 is 0.903. The SMILES string of the molecule is Cc1ccc(O)c(/C=C2\SC(=O)N(Cc3cccc4ccccc34)C2=O)c1. The van der Waals surface area contributed by atoms with Gasteiger partial charge in [-0.25, -0.2) is 0 Å². The van der Waals surface area contributed by atoms with E-state index in [9.17, 15) is 14.7 Å². The second-order valence-corrected chi connectivity index (χ2v) is 7.46. The lowest BCUT2D eigenvalue weighted by Gasteiger charge is -2.14. The van der Waals surface area contributed by atoms with Crippen LogP contribution in [0.4, 0.5) is 4.79 Å². The van der Waals surface area contributed by atoms with Gasteiger partial charge in [-0.1, -0.05) is 54.1 Å². The average Bonchev–Trinajstić information content (AvgIpc) is 2.92. The molecule has 0 bridgehead atoms. The first-order valence-electron chi connectivity index (χ1n) is 8.54. The third-order valence-electron chi connectivity index (χ3n) is 4.55. The van der Waals surface area contributed by atoms with Crippen LogP contribution < -0.4 is 0 Å². The molecule has 0 atom stereocenters. The van der Waals surface area contributed by atoms with Crippen molar-refractivity contribution < 1.29 is 14.7 Å². The van der Waals surface area contributed by atoms with Gasteiger partial charge in [-0.05, 0) is 53.2 Å². The topological polar surface area (TPSA) is 57.6 Å². The molecular formula is C22H17NO3S. The predicted octanol–water partition coefficient (Wildman–Crippen LogP) is 5.09. The first-order valence-corrected chi connectivity index (χ1v) is 9.36. The number of imide groups is 1. The van der Waals surface area contributed by atoms with E-state index in [-0.39, 0.29) is 23.4 Å². The lowest BCUT2D eigenvalue weighted by molar-refractivity contribution is -0.123. The van der Waals surface area contributed by atoms with Crippen LogP contribution in [0.5, 0.6) is 5.75 Å². The van der Waals surface area contributed by atoms with Gasteiger partial charge in [-0.15, -0.1) is 0 Å². The van der Waals surface area contributed by atoms with Crippen LogP contribution in [0, 0.1) is 6.92 Å². The fraction of sp³-hybridized carbons (Fsp3) is 0.0909. The molecule has 5 heteroatoms. The smallest absolute Gasteiger partial charge is 0.293 e. The Bertz CT molecular complexity index is 1100. The quantitative estimate of drug-likeness (QED) is 0.648. The first-order chi connectivity index (χ1) is 13.0. The molecule has 1 N–H and O–H groups in total. The Morgan fingerprint density at radius 2 is 1.81 bits per heavy atom. The van der Waals surface area contributed by atoms with E-state index in [1.54, 1.807) is 24.3 Å². The second-order valence-electron chi connectivity index (χ2n) is 6.47. The van der Waals surface area contributed by atoms with Crippen LogP contribution in [0.1, 0.15) is 16.7 Å². The van der Waals surface area contributed by atoms with Crippen molar-refractivity contribution in [1.29, 1.82) is 0 Å². The van der Waals surface area contributed by atoms with Gasteiger partial charge in [-0.3, -0.25) is 14.5 Å². The lowest BCUT2D eigenvalue weighted by Crippen LogP contribution is -2.27. The molecule has 0 aliphatic carbocycles. The van der Waals surface area contributed by atoms with Crippen molar-refractivity contribution in [2.24, 2.45) is 0 Å². The van der Waals surface area contributed by atoms with Gasteiger partial charge >= 0.3 is 0 Å². The maximum absolute atomic E-state index is 12.8. The Balaban J connectivity index is 1.65. The molecular weight excluding hydrogens is 358 g/mol. The Kier molecular flexibility index (Phi) is 4.46. The number of carbonyl (C=O) groups excluding carboxylic acids is 2. The zero-order valence-electron chi connectivity index (χ0n) is 14.7. The third kappa shape index (κ3) is 3.34. The van der Waals surface area contributed by atoms with Gasteiger partial charge in [0.25, 0.3) is 11.1 Å². The van der Waals surface area contributed by atoms with Crippen molar-refractivity contribution in [1.82, 2.24) is 4.90 Å². The summed E-state index contributed by atoms with van der Waals surface area (Å²) < 4.78 is 0. The van der Waals surface area contributed by atoms with E-state index in [0.717, 1.165) is 33.7 Å². The summed E-state index contributed by atoms with van der Waals surface area (Å²) in [5.74, 6) is -0.250. The largest absolute Gasteiger partial charge is 0.507 e. The number of fused-ring (bicyclic) bond motifs is 1. The van der Waals surface area contributed by atoms with Crippen LogP contribution >= 0.6 is 11.8 Å². The van der Waals surface area contributed by atoms with Crippen molar-refractivity contribution in [3.8, 4) is 5.75 Å². The molecule has 0 spiro atoms. The summed E-state index contributed by atoms with van der Waals surface area (Å²) in [5.41, 5.74) is 2.43. The molecule has 27 heavy (non-hydrogen) atoms. The summed E-state index contributed by atoms with van der Waals surface area (Å²) in [6.07, 6.45) is 1.58. The minimum absolute atomic E-state index is 0.0847. The van der Waals surface area contributed by atoms with Gasteiger partial charge in [0.2, 0.25) is 0 Å². The average molecular weight is 375 g/mol. The number of aromatic hydroxyl groups is 1. The maximum atomic E-state index is 12.8. The Labute approximate surface area is 161 Å². The van der Waals surface area contributed by atoms with E-state index in [2.05, 4.69) is 0 Å². The van der Waals surface area contributed by atoms with Crippen LogP contribution in [-0.4, -0.2) is 21.2 Å². The van der Waals surface area contributed by atoms with Crippen molar-refractivity contribution in [2.45, 2.75) is 13.5 Å².